The Kier molecular flexibility index (Phi) is 14.4. The van der Waals surface area contributed by atoms with Crippen LogP contribution in [0.4, 0.5) is 0 Å². The normalized spacial score (nSPS) is 12.4. The maximum atomic E-state index is 12.7. The summed E-state index contributed by atoms with van der Waals surface area (Å²) < 4.78 is 16.6. The third kappa shape index (κ3) is 11.3. The van der Waals surface area contributed by atoms with Crippen molar-refractivity contribution in [3.63, 3.8) is 0 Å². The minimum absolute atomic E-state index is 0.0697. The number of hydrogen-bond acceptors (Lipinski definition) is 6. The molecule has 0 aromatic heterocycles. The smallest absolute Gasteiger partial charge is 0.343 e. The molecule has 0 spiro atoms. The summed E-state index contributed by atoms with van der Waals surface area (Å²) in [4.78, 5) is 24.9. The van der Waals surface area contributed by atoms with E-state index >= 15 is 0 Å². The van der Waals surface area contributed by atoms with Crippen molar-refractivity contribution in [2.24, 2.45) is 5.92 Å². The number of phenolic OH excluding ortho intramolecular Hbond substituents is 1. The molecule has 3 aromatic rings. The number of carbonyl (C=O) groups excluding carboxylic acids is 2. The van der Waals surface area contributed by atoms with E-state index in [1.807, 2.05) is 50.2 Å². The van der Waals surface area contributed by atoms with Gasteiger partial charge in [0.2, 0.25) is 0 Å². The molecule has 0 fully saturated rings. The van der Waals surface area contributed by atoms with Crippen LogP contribution in [0.15, 0.2) is 66.7 Å². The Morgan fingerprint density at radius 1 is 0.744 bits per heavy atom. The van der Waals surface area contributed by atoms with Crippen LogP contribution in [0, 0.1) is 5.92 Å². The van der Waals surface area contributed by atoms with Crippen LogP contribution in [0.2, 0.25) is 0 Å². The highest BCUT2D eigenvalue weighted by Crippen LogP contribution is 2.30. The molecule has 0 aliphatic carbocycles. The third-order valence-electron chi connectivity index (χ3n) is 7.54. The number of halogens is 1. The summed E-state index contributed by atoms with van der Waals surface area (Å²) >= 11 is 6.13. The number of carbonyl (C=O) groups is 2. The SMILES string of the molecule is CCCCCCCCCCCOc1ccc(-c2ccc(OC(=O)c3ccc(OC(=O)[C@@H](Cl)[C@@H](C)CC)c(O)c3)cc2)cc1. The van der Waals surface area contributed by atoms with Gasteiger partial charge in [-0.1, -0.05) is 103 Å². The van der Waals surface area contributed by atoms with Crippen LogP contribution in [0.5, 0.6) is 23.0 Å². The molecule has 0 radical (unpaired) electrons. The first-order valence-electron chi connectivity index (χ1n) is 15.6. The maximum Gasteiger partial charge on any atom is 0.343 e. The van der Waals surface area contributed by atoms with Crippen LogP contribution >= 0.6 is 11.6 Å². The first-order valence-corrected chi connectivity index (χ1v) is 16.0. The van der Waals surface area contributed by atoms with E-state index in [0.29, 0.717) is 12.2 Å². The molecule has 0 amide bonds. The maximum absolute atomic E-state index is 12.7. The van der Waals surface area contributed by atoms with E-state index in [9.17, 15) is 14.7 Å². The van der Waals surface area contributed by atoms with Gasteiger partial charge >= 0.3 is 11.9 Å². The lowest BCUT2D eigenvalue weighted by Crippen LogP contribution is -2.26. The molecular formula is C36H45ClO6. The van der Waals surface area contributed by atoms with E-state index < -0.39 is 17.3 Å². The van der Waals surface area contributed by atoms with Gasteiger partial charge in [0.25, 0.3) is 0 Å². The number of rotatable bonds is 18. The molecule has 43 heavy (non-hydrogen) atoms. The van der Waals surface area contributed by atoms with Crippen LogP contribution in [-0.4, -0.2) is 29.0 Å². The van der Waals surface area contributed by atoms with Gasteiger partial charge in [-0.3, -0.25) is 4.79 Å². The van der Waals surface area contributed by atoms with Gasteiger partial charge < -0.3 is 19.3 Å². The molecule has 3 aromatic carbocycles. The fraction of sp³-hybridized carbons (Fsp3) is 0.444. The Labute approximate surface area is 261 Å². The highest BCUT2D eigenvalue weighted by Gasteiger charge is 2.24. The van der Waals surface area contributed by atoms with Crippen molar-refractivity contribution < 1.29 is 28.9 Å². The fourth-order valence-corrected chi connectivity index (χ4v) is 4.79. The Morgan fingerprint density at radius 3 is 1.86 bits per heavy atom. The van der Waals surface area contributed by atoms with Crippen LogP contribution in [0.25, 0.3) is 11.1 Å². The molecule has 7 heteroatoms. The van der Waals surface area contributed by atoms with Gasteiger partial charge in [-0.2, -0.15) is 0 Å². The van der Waals surface area contributed by atoms with Gasteiger partial charge in [0.15, 0.2) is 11.5 Å². The highest BCUT2D eigenvalue weighted by molar-refractivity contribution is 6.30. The molecule has 1 N–H and O–H groups in total. The molecular weight excluding hydrogens is 564 g/mol. The van der Waals surface area contributed by atoms with Gasteiger partial charge in [-0.15, -0.1) is 11.6 Å². The average molecular weight is 609 g/mol. The number of alkyl halides is 1. The number of aromatic hydroxyl groups is 1. The molecule has 0 aliphatic heterocycles. The molecule has 0 aliphatic rings. The molecule has 0 saturated carbocycles. The first-order chi connectivity index (χ1) is 20.8. The highest BCUT2D eigenvalue weighted by atomic mass is 35.5. The zero-order valence-corrected chi connectivity index (χ0v) is 26.4. The Hall–Kier alpha value is -3.51. The second-order valence-electron chi connectivity index (χ2n) is 11.0. The summed E-state index contributed by atoms with van der Waals surface area (Å²) in [6.07, 6.45) is 12.3. The van der Waals surface area contributed by atoms with E-state index in [2.05, 4.69) is 6.92 Å². The summed E-state index contributed by atoms with van der Waals surface area (Å²) in [6, 6.07) is 19.1. The van der Waals surface area contributed by atoms with Gasteiger partial charge in [0.05, 0.1) is 12.2 Å². The van der Waals surface area contributed by atoms with Gasteiger partial charge in [0.1, 0.15) is 16.9 Å². The standard InChI is InChI=1S/C36H45ClO6/c1-4-6-7-8-9-10-11-12-13-24-41-30-19-14-27(15-20-30)28-16-21-31(22-17-28)42-35(39)29-18-23-33(32(38)25-29)43-36(40)34(37)26(3)5-2/h14-23,25-26,34,38H,4-13,24H2,1-3H3/t26-,34-/m0/s1. The van der Waals surface area contributed by atoms with Crippen molar-refractivity contribution in [1.82, 2.24) is 0 Å². The van der Waals surface area contributed by atoms with Gasteiger partial charge in [-0.25, -0.2) is 4.79 Å². The molecule has 0 saturated heterocycles. The summed E-state index contributed by atoms with van der Waals surface area (Å²) in [6.45, 7) is 6.74. The zero-order chi connectivity index (χ0) is 31.0. The van der Waals surface area contributed by atoms with Crippen LogP contribution in [0.1, 0.15) is 95.3 Å². The van der Waals surface area contributed by atoms with E-state index in [4.69, 9.17) is 25.8 Å². The Balaban J connectivity index is 1.44. The Morgan fingerprint density at radius 2 is 1.30 bits per heavy atom. The van der Waals surface area contributed by atoms with Crippen molar-refractivity contribution >= 4 is 23.5 Å². The minimum atomic E-state index is -0.836. The van der Waals surface area contributed by atoms with E-state index in [0.717, 1.165) is 29.9 Å². The van der Waals surface area contributed by atoms with E-state index in [1.165, 1.54) is 69.6 Å². The molecule has 0 heterocycles. The minimum Gasteiger partial charge on any atom is -0.504 e. The van der Waals surface area contributed by atoms with Crippen LogP contribution < -0.4 is 14.2 Å². The second kappa shape index (κ2) is 18.2. The summed E-state index contributed by atoms with van der Waals surface area (Å²) in [7, 11) is 0. The number of phenols is 1. The molecule has 0 bridgehead atoms. The second-order valence-corrected chi connectivity index (χ2v) is 11.5. The summed E-state index contributed by atoms with van der Waals surface area (Å²) in [5.41, 5.74) is 2.11. The monoisotopic (exact) mass is 608 g/mol. The number of benzene rings is 3. The molecule has 0 unspecified atom stereocenters. The number of unbranched alkanes of at least 4 members (excludes halogenated alkanes) is 8. The lowest BCUT2D eigenvalue weighted by molar-refractivity contribution is -0.135. The third-order valence-corrected chi connectivity index (χ3v) is 8.15. The largest absolute Gasteiger partial charge is 0.504 e. The lowest BCUT2D eigenvalue weighted by Gasteiger charge is -2.15. The number of ether oxygens (including phenoxy) is 3. The summed E-state index contributed by atoms with van der Waals surface area (Å²) in [5.74, 6) is -0.586. The molecule has 2 atom stereocenters. The lowest BCUT2D eigenvalue weighted by atomic mass is 10.1. The quantitative estimate of drug-likeness (QED) is 0.0670. The molecule has 6 nitrogen and oxygen atoms in total. The van der Waals surface area contributed by atoms with Crippen LogP contribution in [0.3, 0.4) is 0 Å². The van der Waals surface area contributed by atoms with Crippen molar-refractivity contribution in [3.05, 3.63) is 72.3 Å². The fourth-order valence-electron chi connectivity index (χ4n) is 4.56. The van der Waals surface area contributed by atoms with Crippen molar-refractivity contribution in [2.45, 2.75) is 90.4 Å². The average Bonchev–Trinajstić information content (AvgIpc) is 3.02. The van der Waals surface area contributed by atoms with Gasteiger partial charge in [-0.05, 0) is 65.9 Å². The Bertz CT molecular complexity index is 1270. The molecule has 3 rings (SSSR count). The zero-order valence-electron chi connectivity index (χ0n) is 25.7. The van der Waals surface area contributed by atoms with Gasteiger partial charge in [0, 0.05) is 0 Å². The van der Waals surface area contributed by atoms with Crippen molar-refractivity contribution in [2.75, 3.05) is 6.61 Å². The number of hydrogen-bond donors (Lipinski definition) is 1. The predicted molar refractivity (Wildman–Crippen MR) is 172 cm³/mol. The van der Waals surface area contributed by atoms with Crippen molar-refractivity contribution in [1.29, 1.82) is 0 Å². The predicted octanol–water partition coefficient (Wildman–Crippen LogP) is 9.75. The first kappa shape index (κ1) is 34.0. The number of esters is 2. The molecule has 232 valence electrons. The van der Waals surface area contributed by atoms with E-state index in [-0.39, 0.29) is 23.0 Å². The topological polar surface area (TPSA) is 82.1 Å². The van der Waals surface area contributed by atoms with E-state index in [1.54, 1.807) is 12.1 Å². The van der Waals surface area contributed by atoms with Crippen molar-refractivity contribution in [3.8, 4) is 34.1 Å². The summed E-state index contributed by atoms with van der Waals surface area (Å²) in [5, 5.41) is 9.46. The van der Waals surface area contributed by atoms with Crippen LogP contribution in [-0.2, 0) is 4.79 Å².